The van der Waals surface area contributed by atoms with Crippen LogP contribution in [0, 0.1) is 0 Å². The average molecular weight is 485 g/mol. The second-order valence-electron chi connectivity index (χ2n) is 9.38. The molecule has 6 rings (SSSR count). The number of alkyl halides is 3. The molecule has 0 bridgehead atoms. The van der Waals surface area contributed by atoms with Crippen molar-refractivity contribution in [3.8, 4) is 5.88 Å². The maximum absolute atomic E-state index is 13.6. The van der Waals surface area contributed by atoms with Crippen LogP contribution in [0.2, 0.25) is 0 Å². The lowest BCUT2D eigenvalue weighted by Gasteiger charge is -2.43. The van der Waals surface area contributed by atoms with E-state index in [1.165, 1.54) is 4.90 Å². The molecule has 0 unspecified atom stereocenters. The van der Waals surface area contributed by atoms with Gasteiger partial charge in [-0.3, -0.25) is 14.7 Å². The van der Waals surface area contributed by atoms with E-state index in [4.69, 9.17) is 4.74 Å². The molecular weight excluding hydrogens is 463 g/mol. The van der Waals surface area contributed by atoms with Crippen LogP contribution in [0.4, 0.5) is 18.9 Å². The topological polar surface area (TPSA) is 91.4 Å². The molecule has 11 heteroatoms. The molecular formula is C24H22F3N5O3. The smallest absolute Gasteiger partial charge is 0.408 e. The number of nitrogens with one attached hydrogen (secondary N) is 1. The predicted molar refractivity (Wildman–Crippen MR) is 119 cm³/mol. The van der Waals surface area contributed by atoms with Crippen molar-refractivity contribution in [2.75, 3.05) is 18.0 Å². The summed E-state index contributed by atoms with van der Waals surface area (Å²) in [6, 6.07) is 8.92. The number of likely N-dealkylation sites (tertiary alicyclic amines) is 1. The van der Waals surface area contributed by atoms with Crippen molar-refractivity contribution < 1.29 is 27.5 Å². The average Bonchev–Trinajstić information content (AvgIpc) is 3.52. The summed E-state index contributed by atoms with van der Waals surface area (Å²) < 4.78 is 46.1. The third-order valence-corrected chi connectivity index (χ3v) is 7.32. The van der Waals surface area contributed by atoms with Gasteiger partial charge in [-0.15, -0.1) is 0 Å². The number of ether oxygens (including phenoxy) is 1. The van der Waals surface area contributed by atoms with Gasteiger partial charge < -0.3 is 14.5 Å². The van der Waals surface area contributed by atoms with Gasteiger partial charge in [0.1, 0.15) is 24.2 Å². The molecule has 1 saturated carbocycles. The maximum Gasteiger partial charge on any atom is 0.408 e. The van der Waals surface area contributed by atoms with E-state index in [0.29, 0.717) is 36.3 Å². The second kappa shape index (κ2) is 7.69. The lowest BCUT2D eigenvalue weighted by atomic mass is 9.63. The largest absolute Gasteiger partial charge is 0.474 e. The summed E-state index contributed by atoms with van der Waals surface area (Å²) in [7, 11) is 0. The molecule has 2 aliphatic heterocycles. The molecule has 1 aliphatic carbocycles. The van der Waals surface area contributed by atoms with Crippen LogP contribution in [0.1, 0.15) is 31.2 Å². The molecule has 3 aromatic rings. The summed E-state index contributed by atoms with van der Waals surface area (Å²) in [4.78, 5) is 33.1. The molecule has 2 aromatic heterocycles. The van der Waals surface area contributed by atoms with Gasteiger partial charge in [0.2, 0.25) is 17.7 Å². The lowest BCUT2D eigenvalue weighted by molar-refractivity contribution is -0.182. The van der Waals surface area contributed by atoms with E-state index in [1.807, 2.05) is 18.2 Å². The van der Waals surface area contributed by atoms with Crippen LogP contribution < -0.4 is 9.64 Å². The van der Waals surface area contributed by atoms with E-state index >= 15 is 0 Å². The SMILES string of the molecule is O=C(CN1C(=O)C2(CC(Oc3ccc4[nH]ncc4n3)C2)c2ccccc21)N1CCC[C@@H]1C(F)(F)F. The molecule has 3 aliphatic rings. The number of carbonyl (C=O) groups is 2. The lowest BCUT2D eigenvalue weighted by Crippen LogP contribution is -2.55. The fourth-order valence-corrected chi connectivity index (χ4v) is 5.63. The van der Waals surface area contributed by atoms with E-state index in [2.05, 4.69) is 15.2 Å². The number of para-hydroxylation sites is 1. The van der Waals surface area contributed by atoms with Gasteiger partial charge in [-0.05, 0) is 30.5 Å². The summed E-state index contributed by atoms with van der Waals surface area (Å²) in [6.45, 7) is -0.365. The number of rotatable bonds is 4. The number of nitrogens with zero attached hydrogens (tertiary/aromatic N) is 4. The summed E-state index contributed by atoms with van der Waals surface area (Å²) >= 11 is 0. The third kappa shape index (κ3) is 3.43. The Morgan fingerprint density at radius 2 is 2.00 bits per heavy atom. The van der Waals surface area contributed by atoms with Crippen LogP contribution in [0.5, 0.6) is 5.88 Å². The van der Waals surface area contributed by atoms with Gasteiger partial charge in [0.15, 0.2) is 0 Å². The molecule has 1 aromatic carbocycles. The van der Waals surface area contributed by atoms with Crippen molar-refractivity contribution in [2.24, 2.45) is 0 Å². The summed E-state index contributed by atoms with van der Waals surface area (Å²) in [5, 5.41) is 6.76. The van der Waals surface area contributed by atoms with Gasteiger partial charge in [-0.1, -0.05) is 18.2 Å². The first-order valence-corrected chi connectivity index (χ1v) is 11.5. The zero-order valence-corrected chi connectivity index (χ0v) is 18.6. The summed E-state index contributed by atoms with van der Waals surface area (Å²) in [6.07, 6.45) is -2.16. The van der Waals surface area contributed by atoms with Crippen LogP contribution >= 0.6 is 0 Å². The fourth-order valence-electron chi connectivity index (χ4n) is 5.63. The second-order valence-corrected chi connectivity index (χ2v) is 9.38. The van der Waals surface area contributed by atoms with Gasteiger partial charge in [-0.25, -0.2) is 4.98 Å². The first-order chi connectivity index (χ1) is 16.8. The molecule has 0 radical (unpaired) electrons. The molecule has 182 valence electrons. The minimum Gasteiger partial charge on any atom is -0.474 e. The Morgan fingerprint density at radius 1 is 1.20 bits per heavy atom. The van der Waals surface area contributed by atoms with Gasteiger partial charge in [-0.2, -0.15) is 18.3 Å². The minimum atomic E-state index is -4.48. The van der Waals surface area contributed by atoms with E-state index < -0.39 is 30.1 Å². The number of fused-ring (bicyclic) bond motifs is 3. The Bertz CT molecular complexity index is 1320. The molecule has 2 amide bonds. The zero-order chi connectivity index (χ0) is 24.4. The van der Waals surface area contributed by atoms with Crippen LogP contribution in [-0.2, 0) is 15.0 Å². The van der Waals surface area contributed by atoms with Crippen molar-refractivity contribution in [3.05, 3.63) is 48.2 Å². The van der Waals surface area contributed by atoms with Crippen molar-refractivity contribution in [3.63, 3.8) is 0 Å². The zero-order valence-electron chi connectivity index (χ0n) is 18.6. The summed E-state index contributed by atoms with van der Waals surface area (Å²) in [5.74, 6) is -0.528. The van der Waals surface area contributed by atoms with Crippen LogP contribution in [0.15, 0.2) is 42.6 Å². The van der Waals surface area contributed by atoms with Crippen molar-refractivity contribution in [1.29, 1.82) is 0 Å². The number of aromatic amines is 1. The van der Waals surface area contributed by atoms with Crippen molar-refractivity contribution in [1.82, 2.24) is 20.1 Å². The van der Waals surface area contributed by atoms with E-state index in [0.717, 1.165) is 16.0 Å². The van der Waals surface area contributed by atoms with Crippen LogP contribution in [0.3, 0.4) is 0 Å². The molecule has 1 atom stereocenters. The molecule has 1 N–H and O–H groups in total. The number of carbonyl (C=O) groups excluding carboxylic acids is 2. The van der Waals surface area contributed by atoms with Crippen molar-refractivity contribution in [2.45, 2.75) is 49.4 Å². The Hall–Kier alpha value is -3.63. The number of anilines is 1. The highest BCUT2D eigenvalue weighted by Crippen LogP contribution is 2.54. The normalized spacial score (nSPS) is 25.9. The highest BCUT2D eigenvalue weighted by Gasteiger charge is 2.60. The van der Waals surface area contributed by atoms with Crippen LogP contribution in [0.25, 0.3) is 11.0 Å². The molecule has 1 spiro atoms. The molecule has 4 heterocycles. The number of hydrogen-bond acceptors (Lipinski definition) is 5. The molecule has 1 saturated heterocycles. The third-order valence-electron chi connectivity index (χ3n) is 7.32. The van der Waals surface area contributed by atoms with E-state index in [1.54, 1.807) is 24.4 Å². The fraction of sp³-hybridized carbons (Fsp3) is 0.417. The molecule has 35 heavy (non-hydrogen) atoms. The summed E-state index contributed by atoms with van der Waals surface area (Å²) in [5.41, 5.74) is 1.96. The number of benzene rings is 1. The highest BCUT2D eigenvalue weighted by atomic mass is 19.4. The van der Waals surface area contributed by atoms with Gasteiger partial charge in [0.05, 0.1) is 17.1 Å². The number of hydrogen-bond donors (Lipinski definition) is 1. The number of halogens is 3. The first-order valence-electron chi connectivity index (χ1n) is 11.5. The number of amides is 2. The Morgan fingerprint density at radius 3 is 2.80 bits per heavy atom. The molecule has 8 nitrogen and oxygen atoms in total. The number of pyridine rings is 1. The minimum absolute atomic E-state index is 0.0434. The van der Waals surface area contributed by atoms with Gasteiger partial charge in [0, 0.05) is 31.1 Å². The van der Waals surface area contributed by atoms with Gasteiger partial charge >= 0.3 is 6.18 Å². The van der Waals surface area contributed by atoms with E-state index in [-0.39, 0.29) is 25.0 Å². The Balaban J connectivity index is 1.20. The standard InChI is InChI=1S/C24H22F3N5O3/c25-24(26,27)19-6-3-9-31(19)21(33)13-32-18-5-2-1-4-15(18)23(22(32)34)10-14(11-23)35-20-8-7-16-17(29-20)12-28-30-16/h1-2,4-5,7-8,12,14,19H,3,6,9-11,13H2,(H,28,30)/t14?,19-,23?/m1/s1. The van der Waals surface area contributed by atoms with E-state index in [9.17, 15) is 22.8 Å². The monoisotopic (exact) mass is 485 g/mol. The quantitative estimate of drug-likeness (QED) is 0.612. The van der Waals surface area contributed by atoms with Crippen molar-refractivity contribution >= 4 is 28.5 Å². The molecule has 2 fully saturated rings. The van der Waals surface area contributed by atoms with Gasteiger partial charge in [0.25, 0.3) is 0 Å². The number of aromatic nitrogens is 3. The number of H-pyrrole nitrogens is 1. The van der Waals surface area contributed by atoms with Crippen LogP contribution in [-0.4, -0.2) is 63.3 Å². The highest BCUT2D eigenvalue weighted by molar-refractivity contribution is 6.11. The first kappa shape index (κ1) is 21.9. The predicted octanol–water partition coefficient (Wildman–Crippen LogP) is 3.34. The Labute approximate surface area is 198 Å². The maximum atomic E-state index is 13.6. The Kier molecular flexibility index (Phi) is 4.81.